The second-order valence-electron chi connectivity index (χ2n) is 27.9. The molecule has 4 aliphatic heterocycles. The Morgan fingerprint density at radius 2 is 1.03 bits per heavy atom. The minimum absolute atomic E-state index is 0.106. The molecule has 5 aliphatic rings. The van der Waals surface area contributed by atoms with E-state index in [1.807, 2.05) is 114 Å². The van der Waals surface area contributed by atoms with Crippen molar-refractivity contribution in [3.05, 3.63) is 131 Å². The molecule has 5 fully saturated rings. The average Bonchev–Trinajstić information content (AvgIpc) is 1.66. The molecular weight excluding hydrogens is 1220 g/mol. The van der Waals surface area contributed by atoms with Gasteiger partial charge in [0.2, 0.25) is 41.4 Å². The minimum Gasteiger partial charge on any atom is -0.356 e. The van der Waals surface area contributed by atoms with Crippen LogP contribution in [0.4, 0.5) is 0 Å². The summed E-state index contributed by atoms with van der Waals surface area (Å²) >= 11 is 0. The smallest absolute Gasteiger partial charge is 0.246 e. The summed E-state index contributed by atoms with van der Waals surface area (Å²) in [4.78, 5) is 102. The molecule has 8 N–H and O–H groups in total. The number of aromatic nitrogens is 6. The van der Waals surface area contributed by atoms with Crippen molar-refractivity contribution in [1.82, 2.24) is 82.3 Å². The van der Waals surface area contributed by atoms with Crippen molar-refractivity contribution in [1.29, 1.82) is 0 Å². The number of carbonyl (C=O) groups excluding carboxylic acids is 7. The standard InChI is InChI=1S/C74H106N16O7/c1-5-60(75-3)69(92)81-67-55(46-77-44-52-22-10-7-11-23-52)32-35-59-38-40-64(90(59)73(67)96)72(95)80-66(54-26-14-9-15-27-54)62-49-88(86-84-62)43-19-17-21-51-30-28-50(29-31-51)20-16-18-42-87-48-57(83-85-87)34-41-65(91)78-47-56-33-36-58-37-39-63(71(94)79-45-53-24-12-8-13-25-53)89(58)74(97)68(56)82-70(93)61(6-2)76-4/h7-15,22-27,48-51,55-56,58-61,63-64,66-68,75-77H,5-6,16-21,28-47H2,1-4H3,(H,78,91)(H,79,94)(H,80,95)(H,81,92)(H,82,93)/t50?,51?,55-,56-,58+,59+,60+,61+,63+,64+,66+,67+,68+/m1/s1. The molecule has 1 aliphatic carbocycles. The molecule has 0 radical (unpaired) electrons. The molecule has 23 nitrogen and oxygen atoms in total. The first-order chi connectivity index (χ1) is 47.3. The zero-order valence-corrected chi connectivity index (χ0v) is 57.6. The van der Waals surface area contributed by atoms with Crippen LogP contribution in [-0.2, 0) is 66.2 Å². The van der Waals surface area contributed by atoms with Crippen LogP contribution in [-0.4, -0.2) is 157 Å². The van der Waals surface area contributed by atoms with Gasteiger partial charge in [0.05, 0.1) is 30.0 Å². The molecule has 3 aromatic carbocycles. The van der Waals surface area contributed by atoms with E-state index in [1.165, 1.54) is 38.5 Å². The first-order valence-corrected chi connectivity index (χ1v) is 36.4. The van der Waals surface area contributed by atoms with E-state index < -0.39 is 42.3 Å². The fraction of sp³-hybridized carbons (Fsp3) is 0.608. The lowest BCUT2D eigenvalue weighted by Crippen LogP contribution is -2.59. The lowest BCUT2D eigenvalue weighted by Gasteiger charge is -2.33. The summed E-state index contributed by atoms with van der Waals surface area (Å²) in [5, 5.41) is 43.2. The van der Waals surface area contributed by atoms with Gasteiger partial charge in [-0.2, -0.15) is 0 Å². The van der Waals surface area contributed by atoms with Crippen LogP contribution in [0.1, 0.15) is 183 Å². The van der Waals surface area contributed by atoms with E-state index in [4.69, 9.17) is 0 Å². The van der Waals surface area contributed by atoms with Gasteiger partial charge in [0.25, 0.3) is 0 Å². The maximum Gasteiger partial charge on any atom is 0.246 e. The van der Waals surface area contributed by atoms with Gasteiger partial charge in [-0.05, 0) is 120 Å². The number of aryl methyl sites for hydroxylation is 3. The van der Waals surface area contributed by atoms with Crippen LogP contribution >= 0.6 is 0 Å². The number of likely N-dealkylation sites (N-methyl/N-ethyl adjacent to an activating group) is 2. The number of fused-ring (bicyclic) bond motifs is 2. The Morgan fingerprint density at radius 3 is 1.58 bits per heavy atom. The lowest BCUT2D eigenvalue weighted by atomic mass is 9.78. The van der Waals surface area contributed by atoms with Gasteiger partial charge in [0, 0.05) is 82.2 Å². The average molecular weight is 1330 g/mol. The first kappa shape index (κ1) is 71.9. The molecule has 524 valence electrons. The molecule has 1 saturated carbocycles. The van der Waals surface area contributed by atoms with Gasteiger partial charge in [0.1, 0.15) is 29.9 Å². The summed E-state index contributed by atoms with van der Waals surface area (Å²) in [7, 11) is 3.47. The molecular formula is C74H106N16O7. The Kier molecular flexibility index (Phi) is 26.7. The van der Waals surface area contributed by atoms with Gasteiger partial charge >= 0.3 is 0 Å². The predicted octanol–water partition coefficient (Wildman–Crippen LogP) is 6.58. The molecule has 7 amide bonds. The second kappa shape index (κ2) is 36.1. The third kappa shape index (κ3) is 19.5. The van der Waals surface area contributed by atoms with Crippen LogP contribution in [0.2, 0.25) is 0 Å². The Labute approximate surface area is 572 Å². The van der Waals surface area contributed by atoms with Crippen LogP contribution in [0.25, 0.3) is 0 Å². The molecule has 0 spiro atoms. The van der Waals surface area contributed by atoms with Crippen molar-refractivity contribution in [2.45, 2.75) is 236 Å². The van der Waals surface area contributed by atoms with Crippen LogP contribution in [0.15, 0.2) is 103 Å². The number of hydrogen-bond donors (Lipinski definition) is 8. The Balaban J connectivity index is 0.627. The van der Waals surface area contributed by atoms with Gasteiger partial charge in [-0.15, -0.1) is 10.2 Å². The SMILES string of the molecule is CC[C@H](NC)C(=O)N[C@@H]1C(=O)N2[C@@H](CC[C@@H]1CNC(=O)CCc1cn(CCCCC3CCC(CCCCn4cc([C@@H](NC(=O)[C@@H]5CC[C@@H]6CC[C@H](CNCc7ccccc7)[C@H](NC(=O)[C@H](CC)NC)C(=O)N65)c5ccccc5)nn4)CC3)nn1)CC[C@H]2C(=O)NCc1ccccc1. The van der Waals surface area contributed by atoms with E-state index >= 15 is 0 Å². The molecule has 2 aromatic heterocycles. The molecule has 5 aromatic rings. The van der Waals surface area contributed by atoms with E-state index in [2.05, 4.69) is 75.3 Å². The maximum atomic E-state index is 14.9. The fourth-order valence-corrected chi connectivity index (χ4v) is 15.8. The van der Waals surface area contributed by atoms with Crippen LogP contribution < -0.4 is 42.5 Å². The van der Waals surface area contributed by atoms with E-state index in [0.717, 1.165) is 85.8 Å². The van der Waals surface area contributed by atoms with Gasteiger partial charge in [-0.25, -0.2) is 0 Å². The Morgan fingerprint density at radius 1 is 0.536 bits per heavy atom. The second-order valence-corrected chi connectivity index (χ2v) is 27.9. The van der Waals surface area contributed by atoms with Gasteiger partial charge in [0.15, 0.2) is 0 Å². The lowest BCUT2D eigenvalue weighted by molar-refractivity contribution is -0.143. The summed E-state index contributed by atoms with van der Waals surface area (Å²) in [5.41, 5.74) is 4.38. The summed E-state index contributed by atoms with van der Waals surface area (Å²) in [5.74, 6) is -0.623. The van der Waals surface area contributed by atoms with Gasteiger partial charge < -0.3 is 52.3 Å². The van der Waals surface area contributed by atoms with E-state index in [-0.39, 0.29) is 78.2 Å². The molecule has 97 heavy (non-hydrogen) atoms. The fourth-order valence-electron chi connectivity index (χ4n) is 15.8. The number of unbranched alkanes of at least 4 members (excludes halogenated alkanes) is 2. The largest absolute Gasteiger partial charge is 0.356 e. The number of benzene rings is 3. The molecule has 0 unspecified atom stereocenters. The number of carbonyl (C=O) groups is 7. The third-order valence-electron chi connectivity index (χ3n) is 21.5. The zero-order valence-electron chi connectivity index (χ0n) is 57.6. The van der Waals surface area contributed by atoms with Gasteiger partial charge in [-0.1, -0.05) is 167 Å². The minimum atomic E-state index is -0.893. The highest BCUT2D eigenvalue weighted by Gasteiger charge is 2.50. The van der Waals surface area contributed by atoms with Crippen molar-refractivity contribution < 1.29 is 33.6 Å². The van der Waals surface area contributed by atoms with E-state index in [9.17, 15) is 33.6 Å². The highest BCUT2D eigenvalue weighted by molar-refractivity contribution is 5.95. The monoisotopic (exact) mass is 1330 g/mol. The summed E-state index contributed by atoms with van der Waals surface area (Å²) < 4.78 is 3.77. The normalized spacial score (nSPS) is 24.2. The van der Waals surface area contributed by atoms with E-state index in [1.54, 1.807) is 23.9 Å². The summed E-state index contributed by atoms with van der Waals surface area (Å²) in [6.07, 6.45) is 22.5. The van der Waals surface area contributed by atoms with E-state index in [0.29, 0.717) is 83.1 Å². The molecule has 10 rings (SSSR count). The molecule has 0 bridgehead atoms. The first-order valence-electron chi connectivity index (χ1n) is 36.4. The summed E-state index contributed by atoms with van der Waals surface area (Å²) in [6.45, 7) is 7.11. The zero-order chi connectivity index (χ0) is 68.0. The highest BCUT2D eigenvalue weighted by atomic mass is 16.2. The third-order valence-corrected chi connectivity index (χ3v) is 21.5. The summed E-state index contributed by atoms with van der Waals surface area (Å²) in [6, 6.07) is 24.9. The molecule has 6 heterocycles. The topological polar surface area (TPSA) is 284 Å². The van der Waals surface area contributed by atoms with Crippen LogP contribution in [0, 0.1) is 23.7 Å². The molecule has 23 heteroatoms. The number of hydrogen-bond acceptors (Lipinski definition) is 14. The van der Waals surface area contributed by atoms with Crippen molar-refractivity contribution >= 4 is 41.4 Å². The highest BCUT2D eigenvalue weighted by Crippen LogP contribution is 2.38. The van der Waals surface area contributed by atoms with Crippen LogP contribution in [0.3, 0.4) is 0 Å². The number of nitrogens with one attached hydrogen (secondary N) is 8. The predicted molar refractivity (Wildman–Crippen MR) is 370 cm³/mol. The number of nitrogens with zero attached hydrogens (tertiary/aromatic N) is 8. The Hall–Kier alpha value is -7.89. The quantitative estimate of drug-likeness (QED) is 0.0202. The van der Waals surface area contributed by atoms with Crippen molar-refractivity contribution in [3.63, 3.8) is 0 Å². The maximum absolute atomic E-state index is 14.9. The van der Waals surface area contributed by atoms with Gasteiger partial charge in [-0.3, -0.25) is 42.9 Å². The molecule has 4 saturated heterocycles. The van der Waals surface area contributed by atoms with Crippen molar-refractivity contribution in [2.75, 3.05) is 27.2 Å². The molecule has 11 atom stereocenters. The van der Waals surface area contributed by atoms with Crippen molar-refractivity contribution in [2.24, 2.45) is 23.7 Å². The number of rotatable bonds is 34. The van der Waals surface area contributed by atoms with Crippen molar-refractivity contribution in [3.8, 4) is 0 Å². The Bertz CT molecular complexity index is 3320. The number of amides is 7. The van der Waals surface area contributed by atoms with Crippen LogP contribution in [0.5, 0.6) is 0 Å².